The average Bonchev–Trinajstić information content (AvgIpc) is 3.12. The predicted octanol–water partition coefficient (Wildman–Crippen LogP) is 2.17. The number of rotatable bonds is 4. The van der Waals surface area contributed by atoms with Crippen LogP contribution in [0.1, 0.15) is 5.69 Å². The number of benzene rings is 2. The van der Waals surface area contributed by atoms with Crippen LogP contribution >= 0.6 is 0 Å². The lowest BCUT2D eigenvalue weighted by atomic mass is 10.2. The van der Waals surface area contributed by atoms with E-state index in [1.807, 2.05) is 59.4 Å². The first-order chi connectivity index (χ1) is 12.3. The third-order valence-electron chi connectivity index (χ3n) is 4.55. The van der Waals surface area contributed by atoms with Gasteiger partial charge in [0.25, 0.3) is 0 Å². The normalized spacial score (nSPS) is 15.4. The number of nitrogens with two attached hydrogens (primary N) is 1. The summed E-state index contributed by atoms with van der Waals surface area (Å²) in [6, 6.07) is 18.2. The highest BCUT2D eigenvalue weighted by Gasteiger charge is 2.18. The summed E-state index contributed by atoms with van der Waals surface area (Å²) in [5, 5.41) is 8.56. The molecular formula is C19H22N6. The van der Waals surface area contributed by atoms with E-state index >= 15 is 0 Å². The minimum atomic E-state index is 0.817. The smallest absolute Gasteiger partial charge is 0.0971 e. The zero-order valence-corrected chi connectivity index (χ0v) is 14.1. The molecule has 0 saturated carbocycles. The molecule has 0 unspecified atom stereocenters. The molecule has 1 aliphatic heterocycles. The van der Waals surface area contributed by atoms with Gasteiger partial charge in [0.15, 0.2) is 0 Å². The minimum absolute atomic E-state index is 0.817. The maximum absolute atomic E-state index is 5.89. The molecule has 25 heavy (non-hydrogen) atoms. The quantitative estimate of drug-likeness (QED) is 0.741. The standard InChI is InChI=1S/C19H22N6/c20-16-5-4-8-19(13-16)24-11-9-23(10-12-24)14-17-15-25(22-21-17)18-6-2-1-3-7-18/h1-8,13,15H,9-12,14,20H2. The van der Waals surface area contributed by atoms with Crippen molar-refractivity contribution >= 4 is 11.4 Å². The van der Waals surface area contributed by atoms with Gasteiger partial charge in [-0.15, -0.1) is 5.10 Å². The van der Waals surface area contributed by atoms with Gasteiger partial charge >= 0.3 is 0 Å². The third kappa shape index (κ3) is 3.64. The van der Waals surface area contributed by atoms with Crippen molar-refractivity contribution in [2.75, 3.05) is 36.8 Å². The molecule has 0 spiro atoms. The van der Waals surface area contributed by atoms with Crippen LogP contribution in [0.15, 0.2) is 60.8 Å². The van der Waals surface area contributed by atoms with Crippen LogP contribution in [0.4, 0.5) is 11.4 Å². The fraction of sp³-hybridized carbons (Fsp3) is 0.263. The molecule has 6 nitrogen and oxygen atoms in total. The SMILES string of the molecule is Nc1cccc(N2CCN(Cc3cn(-c4ccccc4)nn3)CC2)c1. The van der Waals surface area contributed by atoms with Gasteiger partial charge in [-0.25, -0.2) is 4.68 Å². The summed E-state index contributed by atoms with van der Waals surface area (Å²) in [6.07, 6.45) is 2.01. The predicted molar refractivity (Wildman–Crippen MR) is 99.7 cm³/mol. The van der Waals surface area contributed by atoms with Crippen molar-refractivity contribution in [3.63, 3.8) is 0 Å². The number of anilines is 2. The van der Waals surface area contributed by atoms with Crippen LogP contribution in [0.2, 0.25) is 0 Å². The van der Waals surface area contributed by atoms with E-state index in [1.165, 1.54) is 5.69 Å². The molecule has 0 atom stereocenters. The Labute approximate surface area is 147 Å². The fourth-order valence-corrected chi connectivity index (χ4v) is 3.19. The molecule has 2 heterocycles. The summed E-state index contributed by atoms with van der Waals surface area (Å²) < 4.78 is 1.83. The van der Waals surface area contributed by atoms with Crippen LogP contribution in [0.3, 0.4) is 0 Å². The monoisotopic (exact) mass is 334 g/mol. The third-order valence-corrected chi connectivity index (χ3v) is 4.55. The summed E-state index contributed by atoms with van der Waals surface area (Å²) in [5.41, 5.74) is 9.95. The molecular weight excluding hydrogens is 312 g/mol. The van der Waals surface area contributed by atoms with E-state index in [1.54, 1.807) is 0 Å². The van der Waals surface area contributed by atoms with Crippen molar-refractivity contribution in [2.24, 2.45) is 0 Å². The van der Waals surface area contributed by atoms with Gasteiger partial charge in [-0.3, -0.25) is 4.90 Å². The Morgan fingerprint density at radius 2 is 1.64 bits per heavy atom. The number of aromatic nitrogens is 3. The van der Waals surface area contributed by atoms with Gasteiger partial charge in [0.2, 0.25) is 0 Å². The van der Waals surface area contributed by atoms with Crippen molar-refractivity contribution < 1.29 is 0 Å². The van der Waals surface area contributed by atoms with E-state index in [0.717, 1.165) is 49.8 Å². The second-order valence-electron chi connectivity index (χ2n) is 6.35. The molecule has 0 amide bonds. The van der Waals surface area contributed by atoms with Crippen molar-refractivity contribution in [1.29, 1.82) is 0 Å². The fourth-order valence-electron chi connectivity index (χ4n) is 3.19. The molecule has 2 aromatic carbocycles. The van der Waals surface area contributed by atoms with E-state index in [4.69, 9.17) is 5.73 Å². The van der Waals surface area contributed by atoms with Gasteiger partial charge in [0.1, 0.15) is 0 Å². The Hall–Kier alpha value is -2.86. The number of hydrogen-bond acceptors (Lipinski definition) is 5. The molecule has 3 aromatic rings. The van der Waals surface area contributed by atoms with Crippen LogP contribution < -0.4 is 10.6 Å². The molecule has 1 fully saturated rings. The van der Waals surface area contributed by atoms with Crippen molar-refractivity contribution in [3.8, 4) is 5.69 Å². The average molecular weight is 334 g/mol. The highest BCUT2D eigenvalue weighted by atomic mass is 15.4. The van der Waals surface area contributed by atoms with E-state index in [-0.39, 0.29) is 0 Å². The summed E-state index contributed by atoms with van der Waals surface area (Å²) in [6.45, 7) is 4.84. The molecule has 128 valence electrons. The van der Waals surface area contributed by atoms with Crippen LogP contribution in [-0.2, 0) is 6.54 Å². The van der Waals surface area contributed by atoms with Gasteiger partial charge < -0.3 is 10.6 Å². The number of nitrogen functional groups attached to an aromatic ring is 1. The van der Waals surface area contributed by atoms with Crippen LogP contribution in [0.5, 0.6) is 0 Å². The molecule has 1 aromatic heterocycles. The van der Waals surface area contributed by atoms with Crippen molar-refractivity contribution in [2.45, 2.75) is 6.54 Å². The first kappa shape index (κ1) is 15.7. The van der Waals surface area contributed by atoms with Gasteiger partial charge in [-0.05, 0) is 30.3 Å². The molecule has 0 aliphatic carbocycles. The maximum Gasteiger partial charge on any atom is 0.0971 e. The Bertz CT molecular complexity index is 821. The number of nitrogens with zero attached hydrogens (tertiary/aromatic N) is 5. The lowest BCUT2D eigenvalue weighted by Crippen LogP contribution is -2.46. The Morgan fingerprint density at radius 3 is 2.40 bits per heavy atom. The molecule has 2 N–H and O–H groups in total. The minimum Gasteiger partial charge on any atom is -0.399 e. The van der Waals surface area contributed by atoms with Gasteiger partial charge in [0, 0.05) is 44.1 Å². The number of piperazine rings is 1. The molecule has 0 radical (unpaired) electrons. The van der Waals surface area contributed by atoms with E-state index in [9.17, 15) is 0 Å². The van der Waals surface area contributed by atoms with Crippen molar-refractivity contribution in [3.05, 3.63) is 66.5 Å². The molecule has 1 saturated heterocycles. The summed E-state index contributed by atoms with van der Waals surface area (Å²) in [4.78, 5) is 4.80. The molecule has 6 heteroatoms. The van der Waals surface area contributed by atoms with Crippen LogP contribution in [0, 0.1) is 0 Å². The molecule has 1 aliphatic rings. The second-order valence-corrected chi connectivity index (χ2v) is 6.35. The van der Waals surface area contributed by atoms with Gasteiger partial charge in [-0.1, -0.05) is 29.5 Å². The molecule has 0 bridgehead atoms. The van der Waals surface area contributed by atoms with Crippen molar-refractivity contribution in [1.82, 2.24) is 19.9 Å². The van der Waals surface area contributed by atoms with Crippen LogP contribution in [0.25, 0.3) is 5.69 Å². The number of hydrogen-bond donors (Lipinski definition) is 1. The molecule has 4 rings (SSSR count). The van der Waals surface area contributed by atoms with E-state index in [0.29, 0.717) is 0 Å². The lowest BCUT2D eigenvalue weighted by Gasteiger charge is -2.35. The zero-order valence-electron chi connectivity index (χ0n) is 14.1. The Kier molecular flexibility index (Phi) is 4.35. The lowest BCUT2D eigenvalue weighted by molar-refractivity contribution is 0.247. The summed E-state index contributed by atoms with van der Waals surface area (Å²) in [5.74, 6) is 0. The van der Waals surface area contributed by atoms with Gasteiger partial charge in [0.05, 0.1) is 17.6 Å². The largest absolute Gasteiger partial charge is 0.399 e. The Balaban J connectivity index is 1.35. The highest BCUT2D eigenvalue weighted by molar-refractivity contribution is 5.56. The first-order valence-electron chi connectivity index (χ1n) is 8.57. The van der Waals surface area contributed by atoms with E-state index in [2.05, 4.69) is 26.2 Å². The summed E-state index contributed by atoms with van der Waals surface area (Å²) >= 11 is 0. The van der Waals surface area contributed by atoms with E-state index < -0.39 is 0 Å². The topological polar surface area (TPSA) is 63.2 Å². The summed E-state index contributed by atoms with van der Waals surface area (Å²) in [7, 11) is 0. The van der Waals surface area contributed by atoms with Gasteiger partial charge in [-0.2, -0.15) is 0 Å². The highest BCUT2D eigenvalue weighted by Crippen LogP contribution is 2.19. The maximum atomic E-state index is 5.89. The first-order valence-corrected chi connectivity index (χ1v) is 8.57. The van der Waals surface area contributed by atoms with Crippen LogP contribution in [-0.4, -0.2) is 46.1 Å². The number of para-hydroxylation sites is 1. The zero-order chi connectivity index (χ0) is 17.1. The Morgan fingerprint density at radius 1 is 0.880 bits per heavy atom. The second kappa shape index (κ2) is 6.94.